The zero-order chi connectivity index (χ0) is 20.2. The molecule has 1 aromatic carbocycles. The molecule has 150 valence electrons. The molecule has 29 heavy (non-hydrogen) atoms. The van der Waals surface area contributed by atoms with Gasteiger partial charge in [0, 0.05) is 38.6 Å². The van der Waals surface area contributed by atoms with E-state index in [1.807, 2.05) is 59.0 Å². The first-order valence-electron chi connectivity index (χ1n) is 9.69. The summed E-state index contributed by atoms with van der Waals surface area (Å²) >= 11 is 0. The Morgan fingerprint density at radius 2 is 1.83 bits per heavy atom. The Morgan fingerprint density at radius 3 is 2.48 bits per heavy atom. The molecule has 1 aliphatic rings. The van der Waals surface area contributed by atoms with Gasteiger partial charge in [0.05, 0.1) is 0 Å². The van der Waals surface area contributed by atoms with Crippen LogP contribution < -0.4 is 9.64 Å². The molecule has 1 fully saturated rings. The van der Waals surface area contributed by atoms with Crippen LogP contribution in [0.2, 0.25) is 0 Å². The second kappa shape index (κ2) is 8.30. The average molecular weight is 392 g/mol. The Labute approximate surface area is 169 Å². The number of hydrogen-bond donors (Lipinski definition) is 0. The predicted octanol–water partition coefficient (Wildman–Crippen LogP) is 2.09. The minimum Gasteiger partial charge on any atom is -0.481 e. The largest absolute Gasteiger partial charge is 0.481 e. The molecular formula is C21H24N6O2. The van der Waals surface area contributed by atoms with E-state index in [1.54, 1.807) is 19.4 Å². The van der Waals surface area contributed by atoms with Gasteiger partial charge >= 0.3 is 0 Å². The first-order chi connectivity index (χ1) is 14.1. The molecule has 0 N–H and O–H groups in total. The van der Waals surface area contributed by atoms with Crippen LogP contribution in [0.4, 0.5) is 5.82 Å². The van der Waals surface area contributed by atoms with Crippen LogP contribution in [0, 0.1) is 6.92 Å². The van der Waals surface area contributed by atoms with Crippen molar-refractivity contribution in [2.45, 2.75) is 20.0 Å². The Bertz CT molecular complexity index is 950. The molecule has 1 aliphatic heterocycles. The zero-order valence-electron chi connectivity index (χ0n) is 16.6. The average Bonchev–Trinajstić information content (AvgIpc) is 3.28. The number of amides is 1. The molecule has 3 aromatic rings. The van der Waals surface area contributed by atoms with Crippen molar-refractivity contribution in [3.63, 3.8) is 0 Å². The van der Waals surface area contributed by atoms with Crippen molar-refractivity contribution in [1.82, 2.24) is 24.6 Å². The fraction of sp³-hybridized carbons (Fsp3) is 0.333. The number of aryl methyl sites for hydroxylation is 1. The minimum absolute atomic E-state index is 0.00713. The first-order valence-corrected chi connectivity index (χ1v) is 9.69. The molecule has 0 bridgehead atoms. The number of hydrogen-bond acceptors (Lipinski definition) is 6. The van der Waals surface area contributed by atoms with Crippen molar-refractivity contribution in [3.05, 3.63) is 60.7 Å². The van der Waals surface area contributed by atoms with E-state index < -0.39 is 6.10 Å². The van der Waals surface area contributed by atoms with Crippen LogP contribution in [-0.2, 0) is 4.79 Å². The van der Waals surface area contributed by atoms with E-state index in [0.717, 1.165) is 22.9 Å². The summed E-state index contributed by atoms with van der Waals surface area (Å²) in [4.78, 5) is 20.8. The summed E-state index contributed by atoms with van der Waals surface area (Å²) in [5.74, 6) is 2.26. The first kappa shape index (κ1) is 18.9. The number of benzene rings is 1. The third kappa shape index (κ3) is 4.37. The molecule has 0 radical (unpaired) electrons. The molecule has 0 saturated carbocycles. The predicted molar refractivity (Wildman–Crippen MR) is 109 cm³/mol. The highest BCUT2D eigenvalue weighted by molar-refractivity contribution is 5.81. The van der Waals surface area contributed by atoms with Crippen molar-refractivity contribution >= 4 is 11.7 Å². The summed E-state index contributed by atoms with van der Waals surface area (Å²) in [6.07, 6.45) is 4.70. The smallest absolute Gasteiger partial charge is 0.263 e. The summed E-state index contributed by atoms with van der Waals surface area (Å²) in [5, 5.41) is 8.59. The van der Waals surface area contributed by atoms with Crippen LogP contribution in [0.25, 0.3) is 5.82 Å². The van der Waals surface area contributed by atoms with Gasteiger partial charge in [0.15, 0.2) is 17.7 Å². The summed E-state index contributed by atoms with van der Waals surface area (Å²) in [6, 6.07) is 11.6. The van der Waals surface area contributed by atoms with Crippen LogP contribution in [0.1, 0.15) is 12.5 Å². The van der Waals surface area contributed by atoms with Gasteiger partial charge in [-0.1, -0.05) is 12.1 Å². The zero-order valence-corrected chi connectivity index (χ0v) is 16.6. The molecule has 1 amide bonds. The van der Waals surface area contributed by atoms with Gasteiger partial charge < -0.3 is 14.5 Å². The number of aromatic nitrogens is 4. The van der Waals surface area contributed by atoms with Gasteiger partial charge in [0.1, 0.15) is 12.1 Å². The van der Waals surface area contributed by atoms with Crippen LogP contribution in [0.5, 0.6) is 5.75 Å². The maximum atomic E-state index is 12.8. The molecule has 3 heterocycles. The fourth-order valence-corrected chi connectivity index (χ4v) is 3.38. The number of anilines is 1. The van der Waals surface area contributed by atoms with E-state index in [2.05, 4.69) is 20.1 Å². The topological polar surface area (TPSA) is 76.4 Å². The van der Waals surface area contributed by atoms with Gasteiger partial charge in [0.25, 0.3) is 5.91 Å². The van der Waals surface area contributed by atoms with Gasteiger partial charge in [0.2, 0.25) is 0 Å². The number of piperazine rings is 1. The highest BCUT2D eigenvalue weighted by Crippen LogP contribution is 2.17. The van der Waals surface area contributed by atoms with E-state index in [4.69, 9.17) is 4.74 Å². The van der Waals surface area contributed by atoms with Gasteiger partial charge in [-0.05, 0) is 43.7 Å². The molecule has 1 atom stereocenters. The monoisotopic (exact) mass is 392 g/mol. The molecule has 0 aliphatic carbocycles. The lowest BCUT2D eigenvalue weighted by atomic mass is 10.2. The highest BCUT2D eigenvalue weighted by atomic mass is 16.5. The van der Waals surface area contributed by atoms with Crippen molar-refractivity contribution in [2.24, 2.45) is 0 Å². The number of imidazole rings is 1. The Kier molecular flexibility index (Phi) is 5.41. The summed E-state index contributed by atoms with van der Waals surface area (Å²) in [6.45, 7) is 6.49. The number of carbonyl (C=O) groups excluding carboxylic acids is 1. The van der Waals surface area contributed by atoms with E-state index >= 15 is 0 Å². The normalized spacial score (nSPS) is 15.2. The van der Waals surface area contributed by atoms with Crippen LogP contribution in [0.15, 0.2) is 55.1 Å². The van der Waals surface area contributed by atoms with Crippen LogP contribution in [-0.4, -0.2) is 62.8 Å². The molecular weight excluding hydrogens is 368 g/mol. The Hall–Kier alpha value is -3.42. The van der Waals surface area contributed by atoms with Gasteiger partial charge in [-0.2, -0.15) is 0 Å². The van der Waals surface area contributed by atoms with Gasteiger partial charge in [-0.25, -0.2) is 4.98 Å². The number of rotatable bonds is 5. The number of nitrogens with zero attached hydrogens (tertiary/aromatic N) is 6. The molecule has 8 nitrogen and oxygen atoms in total. The maximum absolute atomic E-state index is 12.8. The lowest BCUT2D eigenvalue weighted by Crippen LogP contribution is -2.52. The summed E-state index contributed by atoms with van der Waals surface area (Å²) < 4.78 is 7.64. The van der Waals surface area contributed by atoms with Gasteiger partial charge in [-0.3, -0.25) is 9.36 Å². The standard InChI is InChI=1S/C21H24N6O2/c1-16-4-3-5-18(14-16)29-17(2)21(28)26-12-10-25(11-13-26)19-6-7-20(24-23-19)27-9-8-22-15-27/h3-9,14-15,17H,10-13H2,1-2H3. The van der Waals surface area contributed by atoms with Crippen molar-refractivity contribution in [1.29, 1.82) is 0 Å². The van der Waals surface area contributed by atoms with E-state index in [1.165, 1.54) is 0 Å². The minimum atomic E-state index is -0.516. The maximum Gasteiger partial charge on any atom is 0.263 e. The number of carbonyl (C=O) groups is 1. The van der Waals surface area contributed by atoms with E-state index in [-0.39, 0.29) is 5.91 Å². The Balaban J connectivity index is 1.32. The molecule has 2 aromatic heterocycles. The second-order valence-electron chi connectivity index (χ2n) is 7.11. The van der Waals surface area contributed by atoms with E-state index in [0.29, 0.717) is 26.2 Å². The molecule has 1 unspecified atom stereocenters. The fourth-order valence-electron chi connectivity index (χ4n) is 3.38. The lowest BCUT2D eigenvalue weighted by molar-refractivity contribution is -0.138. The van der Waals surface area contributed by atoms with Crippen LogP contribution >= 0.6 is 0 Å². The number of ether oxygens (including phenoxy) is 1. The third-order valence-corrected chi connectivity index (χ3v) is 4.97. The molecule has 1 saturated heterocycles. The van der Waals surface area contributed by atoms with Crippen molar-refractivity contribution in [3.8, 4) is 11.6 Å². The second-order valence-corrected chi connectivity index (χ2v) is 7.11. The summed E-state index contributed by atoms with van der Waals surface area (Å²) in [7, 11) is 0. The molecule has 8 heteroatoms. The molecule has 0 spiro atoms. The molecule has 4 rings (SSSR count). The lowest BCUT2D eigenvalue weighted by Gasteiger charge is -2.36. The summed E-state index contributed by atoms with van der Waals surface area (Å²) in [5.41, 5.74) is 1.11. The highest BCUT2D eigenvalue weighted by Gasteiger charge is 2.26. The SMILES string of the molecule is Cc1cccc(OC(C)C(=O)N2CCN(c3ccc(-n4ccnc4)nn3)CC2)c1. The quantitative estimate of drug-likeness (QED) is 0.662. The van der Waals surface area contributed by atoms with Crippen molar-refractivity contribution < 1.29 is 9.53 Å². The third-order valence-electron chi connectivity index (χ3n) is 4.97. The van der Waals surface area contributed by atoms with Gasteiger partial charge in [-0.15, -0.1) is 10.2 Å². The Morgan fingerprint density at radius 1 is 1.07 bits per heavy atom. The van der Waals surface area contributed by atoms with Crippen molar-refractivity contribution in [2.75, 3.05) is 31.1 Å². The van der Waals surface area contributed by atoms with E-state index in [9.17, 15) is 4.79 Å². The van der Waals surface area contributed by atoms with Crippen LogP contribution in [0.3, 0.4) is 0 Å².